The molecule has 0 bridgehead atoms. The molecule has 2 aromatic carbocycles. The van der Waals surface area contributed by atoms with E-state index < -0.39 is 0 Å². The molecule has 0 amide bonds. The number of cyclic esters (lactones) is 1. The second-order valence-corrected chi connectivity index (χ2v) is 7.74. The van der Waals surface area contributed by atoms with Crippen molar-refractivity contribution in [3.05, 3.63) is 70.5 Å². The number of carbonyl (C=O) groups excluding carboxylic acids is 1. The van der Waals surface area contributed by atoms with Crippen LogP contribution >= 0.6 is 11.8 Å². The van der Waals surface area contributed by atoms with Gasteiger partial charge in [0.15, 0.2) is 5.16 Å². The number of thioether (sulfide) groups is 1. The van der Waals surface area contributed by atoms with Crippen LogP contribution < -0.4 is 5.56 Å². The summed E-state index contributed by atoms with van der Waals surface area (Å²) in [6.45, 7) is 0.814. The molecule has 1 aliphatic heterocycles. The van der Waals surface area contributed by atoms with Gasteiger partial charge in [0.2, 0.25) is 5.78 Å². The molecule has 0 radical (unpaired) electrons. The molecule has 0 saturated carbocycles. The van der Waals surface area contributed by atoms with E-state index in [1.54, 1.807) is 10.6 Å². The van der Waals surface area contributed by atoms with Crippen LogP contribution in [0, 0.1) is 0 Å². The number of hydrogen-bond donors (Lipinski definition) is 0. The van der Waals surface area contributed by atoms with Gasteiger partial charge in [-0.05, 0) is 17.7 Å². The Balaban J connectivity index is 1.72. The fourth-order valence-corrected chi connectivity index (χ4v) is 4.44. The quantitative estimate of drug-likeness (QED) is 0.497. The van der Waals surface area contributed by atoms with Crippen LogP contribution in [0.15, 0.2) is 64.5 Å². The van der Waals surface area contributed by atoms with Crippen LogP contribution in [-0.2, 0) is 16.1 Å². The summed E-state index contributed by atoms with van der Waals surface area (Å²) < 4.78 is 8.55. The maximum atomic E-state index is 13.2. The molecule has 0 spiro atoms. The number of benzene rings is 2. The number of nitrogens with zero attached hydrogens (tertiary/aromatic N) is 4. The molecule has 8 heteroatoms. The van der Waals surface area contributed by atoms with Gasteiger partial charge >= 0.3 is 5.97 Å². The molecule has 0 N–H and O–H groups in total. The van der Waals surface area contributed by atoms with Gasteiger partial charge < -0.3 is 4.74 Å². The molecule has 3 heterocycles. The summed E-state index contributed by atoms with van der Waals surface area (Å²) in [5, 5.41) is 9.45. The first-order chi connectivity index (χ1) is 13.7. The highest BCUT2D eigenvalue weighted by Crippen LogP contribution is 2.30. The Kier molecular flexibility index (Phi) is 4.12. The lowest BCUT2D eigenvalue weighted by molar-refractivity contribution is -0.137. The highest BCUT2D eigenvalue weighted by atomic mass is 32.2. The Labute approximate surface area is 164 Å². The zero-order chi connectivity index (χ0) is 19.1. The molecule has 5 rings (SSSR count). The van der Waals surface area contributed by atoms with Gasteiger partial charge in [0.1, 0.15) is 5.25 Å². The fraction of sp³-hybridized carbons (Fsp3) is 0.200. The van der Waals surface area contributed by atoms with E-state index in [4.69, 9.17) is 4.74 Å². The average Bonchev–Trinajstić information content (AvgIpc) is 3.33. The molecule has 140 valence electrons. The molecule has 28 heavy (non-hydrogen) atoms. The molecule has 0 aliphatic carbocycles. The third kappa shape index (κ3) is 2.77. The molecule has 1 atom stereocenters. The van der Waals surface area contributed by atoms with Crippen molar-refractivity contribution in [3.8, 4) is 0 Å². The Hall–Kier alpha value is -3.13. The minimum Gasteiger partial charge on any atom is -0.465 e. The minimum atomic E-state index is -0.305. The van der Waals surface area contributed by atoms with Gasteiger partial charge in [-0.25, -0.2) is 0 Å². The van der Waals surface area contributed by atoms with Gasteiger partial charge in [0.05, 0.1) is 24.1 Å². The van der Waals surface area contributed by atoms with Gasteiger partial charge in [-0.2, -0.15) is 0 Å². The Morgan fingerprint density at radius 2 is 1.82 bits per heavy atom. The number of aromatic nitrogens is 4. The van der Waals surface area contributed by atoms with Crippen molar-refractivity contribution < 1.29 is 9.53 Å². The SMILES string of the molecule is O=C1OCC[C@@H]1Sc1nnc2n(Cc3ccccc3)c(=O)c3ccccc3n12. The van der Waals surface area contributed by atoms with E-state index in [1.807, 2.05) is 52.9 Å². The Morgan fingerprint density at radius 3 is 2.61 bits per heavy atom. The number of para-hydroxylation sites is 1. The van der Waals surface area contributed by atoms with Crippen molar-refractivity contribution in [2.24, 2.45) is 0 Å². The lowest BCUT2D eigenvalue weighted by Gasteiger charge is -2.12. The number of ether oxygens (including phenoxy) is 1. The second kappa shape index (κ2) is 6.79. The van der Waals surface area contributed by atoms with Crippen molar-refractivity contribution >= 4 is 34.4 Å². The molecule has 0 unspecified atom stereocenters. The molecular weight excluding hydrogens is 376 g/mol. The van der Waals surface area contributed by atoms with Gasteiger partial charge in [0, 0.05) is 6.42 Å². The molecule has 1 saturated heterocycles. The van der Waals surface area contributed by atoms with E-state index in [2.05, 4.69) is 10.2 Å². The highest BCUT2D eigenvalue weighted by Gasteiger charge is 2.30. The van der Waals surface area contributed by atoms with Crippen LogP contribution in [0.3, 0.4) is 0 Å². The van der Waals surface area contributed by atoms with Gasteiger partial charge in [-0.15, -0.1) is 10.2 Å². The monoisotopic (exact) mass is 392 g/mol. The second-order valence-electron chi connectivity index (χ2n) is 6.57. The van der Waals surface area contributed by atoms with Crippen molar-refractivity contribution in [1.82, 2.24) is 19.2 Å². The molecular formula is C20H16N4O3S. The summed E-state index contributed by atoms with van der Waals surface area (Å²) in [4.78, 5) is 25.1. The first-order valence-corrected chi connectivity index (χ1v) is 9.84. The average molecular weight is 392 g/mol. The standard InChI is InChI=1S/C20H16N4O3S/c25-17-14-8-4-5-9-15(14)24-19(23(17)12-13-6-2-1-3-7-13)21-22-20(24)28-16-10-11-27-18(16)26/h1-9,16H,10-12H2/t16-/m0/s1. The minimum absolute atomic E-state index is 0.115. The Morgan fingerprint density at radius 1 is 1.04 bits per heavy atom. The molecule has 1 aliphatic rings. The zero-order valence-corrected chi connectivity index (χ0v) is 15.6. The maximum absolute atomic E-state index is 13.2. The summed E-state index contributed by atoms with van der Waals surface area (Å²) in [5.41, 5.74) is 1.61. The first kappa shape index (κ1) is 17.0. The topological polar surface area (TPSA) is 78.5 Å². The van der Waals surface area contributed by atoms with Gasteiger partial charge in [0.25, 0.3) is 5.56 Å². The predicted molar refractivity (Wildman–Crippen MR) is 106 cm³/mol. The van der Waals surface area contributed by atoms with Gasteiger partial charge in [-0.1, -0.05) is 54.2 Å². The predicted octanol–water partition coefficient (Wildman–Crippen LogP) is 2.50. The lowest BCUT2D eigenvalue weighted by Crippen LogP contribution is -2.24. The summed E-state index contributed by atoms with van der Waals surface area (Å²) in [7, 11) is 0. The summed E-state index contributed by atoms with van der Waals surface area (Å²) in [6.07, 6.45) is 0.639. The number of rotatable bonds is 4. The summed E-state index contributed by atoms with van der Waals surface area (Å²) in [6, 6.07) is 17.2. The summed E-state index contributed by atoms with van der Waals surface area (Å²) in [5.74, 6) is 0.227. The third-order valence-electron chi connectivity index (χ3n) is 4.80. The van der Waals surface area contributed by atoms with Crippen molar-refractivity contribution in [2.45, 2.75) is 23.4 Å². The number of carbonyl (C=O) groups is 1. The van der Waals surface area contributed by atoms with Gasteiger partial charge in [-0.3, -0.25) is 18.6 Å². The van der Waals surface area contributed by atoms with Crippen LogP contribution in [-0.4, -0.2) is 37.0 Å². The fourth-order valence-electron chi connectivity index (χ4n) is 3.43. The largest absolute Gasteiger partial charge is 0.465 e. The number of esters is 1. The maximum Gasteiger partial charge on any atom is 0.319 e. The Bertz CT molecular complexity index is 1250. The van der Waals surface area contributed by atoms with E-state index >= 15 is 0 Å². The summed E-state index contributed by atoms with van der Waals surface area (Å²) >= 11 is 1.33. The lowest BCUT2D eigenvalue weighted by atomic mass is 10.2. The van der Waals surface area contributed by atoms with Crippen LogP contribution in [0.25, 0.3) is 16.7 Å². The number of hydrogen-bond acceptors (Lipinski definition) is 6. The normalized spacial score (nSPS) is 16.7. The van der Waals surface area contributed by atoms with E-state index in [9.17, 15) is 9.59 Å². The molecule has 7 nitrogen and oxygen atoms in total. The third-order valence-corrected chi connectivity index (χ3v) is 5.98. The van der Waals surface area contributed by atoms with Crippen LogP contribution in [0.5, 0.6) is 0 Å². The van der Waals surface area contributed by atoms with Crippen LogP contribution in [0.4, 0.5) is 0 Å². The van der Waals surface area contributed by atoms with Crippen LogP contribution in [0.1, 0.15) is 12.0 Å². The number of fused-ring (bicyclic) bond motifs is 3. The molecule has 4 aromatic rings. The van der Waals surface area contributed by atoms with E-state index in [1.165, 1.54) is 11.8 Å². The molecule has 2 aromatic heterocycles. The highest BCUT2D eigenvalue weighted by molar-refractivity contribution is 8.00. The van der Waals surface area contributed by atoms with E-state index in [0.717, 1.165) is 11.1 Å². The smallest absolute Gasteiger partial charge is 0.319 e. The van der Waals surface area contributed by atoms with Crippen molar-refractivity contribution in [1.29, 1.82) is 0 Å². The van der Waals surface area contributed by atoms with E-state index in [-0.39, 0.29) is 16.8 Å². The van der Waals surface area contributed by atoms with Crippen molar-refractivity contribution in [2.75, 3.05) is 6.61 Å². The van der Waals surface area contributed by atoms with Crippen molar-refractivity contribution in [3.63, 3.8) is 0 Å². The van der Waals surface area contributed by atoms with Crippen LogP contribution in [0.2, 0.25) is 0 Å². The zero-order valence-electron chi connectivity index (χ0n) is 14.8. The van der Waals surface area contributed by atoms with E-state index in [0.29, 0.717) is 35.9 Å². The molecule has 1 fully saturated rings. The first-order valence-electron chi connectivity index (χ1n) is 8.96.